The average Bonchev–Trinajstić information content (AvgIpc) is 3.06. The van der Waals surface area contributed by atoms with Gasteiger partial charge in [0.05, 0.1) is 12.8 Å². The molecule has 0 spiro atoms. The second-order valence-electron chi connectivity index (χ2n) is 16.0. The van der Waals surface area contributed by atoms with Crippen LogP contribution in [0.25, 0.3) is 0 Å². The van der Waals surface area contributed by atoms with Gasteiger partial charge in [0.15, 0.2) is 23.3 Å². The zero-order chi connectivity index (χ0) is 42.6. The van der Waals surface area contributed by atoms with Crippen molar-refractivity contribution < 1.29 is 49.1 Å². The first kappa shape index (κ1) is 47.0. The van der Waals surface area contributed by atoms with Crippen LogP contribution < -0.4 is 0 Å². The van der Waals surface area contributed by atoms with Gasteiger partial charge in [0.2, 0.25) is 0 Å². The number of aliphatic hydroxyl groups excluding tert-OH is 1. The number of rotatable bonds is 16. The molecule has 0 aromatic carbocycles. The van der Waals surface area contributed by atoms with Crippen LogP contribution in [0.5, 0.6) is 0 Å². The number of hydrogen-bond acceptors (Lipinski definition) is 8. The fraction of sp³-hybridized carbons (Fsp3) is 0.413. The number of ketones is 2. The van der Waals surface area contributed by atoms with E-state index in [9.17, 15) is 39.3 Å². The van der Waals surface area contributed by atoms with Crippen LogP contribution in [-0.4, -0.2) is 67.7 Å². The molecular weight excluding hydrogens is 712 g/mol. The highest BCUT2D eigenvalue weighted by atomic mass is 16.5. The van der Waals surface area contributed by atoms with Gasteiger partial charge in [-0.2, -0.15) is 0 Å². The van der Waals surface area contributed by atoms with Gasteiger partial charge < -0.3 is 25.2 Å². The minimum atomic E-state index is -2.85. The number of esters is 1. The van der Waals surface area contributed by atoms with Crippen molar-refractivity contribution in [2.45, 2.75) is 113 Å². The summed E-state index contributed by atoms with van der Waals surface area (Å²) in [6, 6.07) is 0. The summed E-state index contributed by atoms with van der Waals surface area (Å²) in [6.45, 7) is 19.2. The van der Waals surface area contributed by atoms with Gasteiger partial charge in [0.25, 0.3) is 0 Å². The summed E-state index contributed by atoms with van der Waals surface area (Å²) in [5.74, 6) is -5.30. The van der Waals surface area contributed by atoms with E-state index in [4.69, 9.17) is 9.84 Å². The number of aliphatic hydroxyl groups is 2. The van der Waals surface area contributed by atoms with E-state index in [-0.39, 0.29) is 17.6 Å². The SMILES string of the molecule is CC1=C(/C=C/C(C)=C/C=C/C(C)=C/C=C/C=C(C)/C=C/C=C(C)/C=C/C2=C(C)C(=O)C(OC(=O)CC(O)(CC(=O)O)C(=O)O)CC2(C)C)C(C)(C)CC(O)C1=O. The molecule has 2 aliphatic rings. The molecule has 4 N–H and O–H groups in total. The molecule has 2 aliphatic carbocycles. The molecule has 10 heteroatoms. The van der Waals surface area contributed by atoms with Crippen molar-refractivity contribution in [3.63, 3.8) is 0 Å². The zero-order valence-corrected chi connectivity index (χ0v) is 34.3. The molecule has 0 amide bonds. The van der Waals surface area contributed by atoms with E-state index in [2.05, 4.69) is 0 Å². The third kappa shape index (κ3) is 13.8. The van der Waals surface area contributed by atoms with Crippen LogP contribution in [0.2, 0.25) is 0 Å². The normalized spacial score (nSPS) is 22.7. The monoisotopic (exact) mass is 770 g/mol. The van der Waals surface area contributed by atoms with E-state index < -0.39 is 59.8 Å². The van der Waals surface area contributed by atoms with E-state index in [1.165, 1.54) is 0 Å². The number of aliphatic carboxylic acids is 2. The summed E-state index contributed by atoms with van der Waals surface area (Å²) in [6.07, 6.45) is 23.6. The van der Waals surface area contributed by atoms with Crippen LogP contribution in [0.3, 0.4) is 0 Å². The maximum atomic E-state index is 13.1. The number of carboxylic acids is 2. The van der Waals surface area contributed by atoms with Crippen molar-refractivity contribution >= 4 is 29.5 Å². The maximum absolute atomic E-state index is 13.1. The van der Waals surface area contributed by atoms with E-state index in [1.54, 1.807) is 13.8 Å². The predicted octanol–water partition coefficient (Wildman–Crippen LogP) is 8.14. The van der Waals surface area contributed by atoms with Crippen LogP contribution in [0.1, 0.15) is 94.9 Å². The first-order valence-electron chi connectivity index (χ1n) is 18.5. The third-order valence-electron chi connectivity index (χ3n) is 9.84. The van der Waals surface area contributed by atoms with E-state index >= 15 is 0 Å². The molecule has 0 fully saturated rings. The largest absolute Gasteiger partial charge is 0.481 e. The van der Waals surface area contributed by atoms with Gasteiger partial charge in [0.1, 0.15) is 6.10 Å². The molecule has 302 valence electrons. The lowest BCUT2D eigenvalue weighted by molar-refractivity contribution is -0.174. The fourth-order valence-electron chi connectivity index (χ4n) is 6.59. The van der Waals surface area contributed by atoms with Gasteiger partial charge >= 0.3 is 17.9 Å². The molecule has 0 saturated carbocycles. The Labute approximate surface area is 331 Å². The van der Waals surface area contributed by atoms with E-state index in [0.29, 0.717) is 17.6 Å². The van der Waals surface area contributed by atoms with Crippen molar-refractivity contribution in [2.75, 3.05) is 0 Å². The van der Waals surface area contributed by atoms with Crippen molar-refractivity contribution in [1.29, 1.82) is 0 Å². The van der Waals surface area contributed by atoms with Crippen molar-refractivity contribution in [1.82, 2.24) is 0 Å². The summed E-state index contributed by atoms with van der Waals surface area (Å²) < 4.78 is 5.27. The lowest BCUT2D eigenvalue weighted by Gasteiger charge is -2.36. The average molecular weight is 771 g/mol. The van der Waals surface area contributed by atoms with Crippen molar-refractivity contribution in [3.05, 3.63) is 130 Å². The Kier molecular flexibility index (Phi) is 16.9. The fourth-order valence-corrected chi connectivity index (χ4v) is 6.59. The smallest absolute Gasteiger partial charge is 0.336 e. The standard InChI is InChI=1S/C46H58O10/c1-29(17-13-19-31(3)21-23-35-33(5)41(51)37(47)25-44(35,7)8)15-11-12-16-30(2)18-14-20-32(4)22-24-36-34(6)42(52)38(26-45(36,9)10)56-40(50)28-46(55,43(53)54)27-39(48)49/h11-24,37-38,47,55H,25-28H2,1-10H3,(H,48,49)(H,53,54)/b12-11+,17-13+,18-14+,23-21+,24-22+,29-15+,30-16+,31-19+,32-20+. The second kappa shape index (κ2) is 20.1. The lowest BCUT2D eigenvalue weighted by Crippen LogP contribution is -2.45. The number of carbonyl (C=O) groups is 5. The third-order valence-corrected chi connectivity index (χ3v) is 9.84. The molecule has 0 saturated heterocycles. The van der Waals surface area contributed by atoms with Gasteiger partial charge in [-0.3, -0.25) is 19.2 Å². The Morgan fingerprint density at radius 3 is 1.54 bits per heavy atom. The Balaban J connectivity index is 2.00. The van der Waals surface area contributed by atoms with E-state index in [0.717, 1.165) is 33.4 Å². The first-order chi connectivity index (χ1) is 25.9. The Morgan fingerprint density at radius 2 is 1.09 bits per heavy atom. The molecule has 0 radical (unpaired) electrons. The topological polar surface area (TPSA) is 176 Å². The molecule has 0 aliphatic heterocycles. The lowest BCUT2D eigenvalue weighted by atomic mass is 9.71. The Hall–Kier alpha value is -5.19. The Bertz CT molecular complexity index is 1910. The van der Waals surface area contributed by atoms with Gasteiger partial charge in [-0.25, -0.2) is 4.79 Å². The number of allylic oxidation sites excluding steroid dienone is 20. The maximum Gasteiger partial charge on any atom is 0.336 e. The highest BCUT2D eigenvalue weighted by molar-refractivity contribution is 6.02. The molecule has 3 atom stereocenters. The number of carboxylic acid groups (broad SMARTS) is 2. The van der Waals surface area contributed by atoms with Crippen molar-refractivity contribution in [2.24, 2.45) is 10.8 Å². The quantitative estimate of drug-likeness (QED) is 0.0886. The Morgan fingerprint density at radius 1 is 0.679 bits per heavy atom. The molecule has 0 heterocycles. The minimum absolute atomic E-state index is 0.119. The minimum Gasteiger partial charge on any atom is -0.481 e. The number of carbonyl (C=O) groups excluding carboxylic acids is 3. The van der Waals surface area contributed by atoms with E-state index in [1.807, 2.05) is 140 Å². The van der Waals surface area contributed by atoms with Crippen LogP contribution in [-0.2, 0) is 28.7 Å². The molecule has 0 aromatic heterocycles. The summed E-state index contributed by atoms with van der Waals surface area (Å²) in [7, 11) is 0. The summed E-state index contributed by atoms with van der Waals surface area (Å²) in [5.41, 5.74) is 3.06. The predicted molar refractivity (Wildman–Crippen MR) is 218 cm³/mol. The van der Waals surface area contributed by atoms with Gasteiger partial charge in [0, 0.05) is 6.42 Å². The van der Waals surface area contributed by atoms with Crippen LogP contribution in [0.4, 0.5) is 0 Å². The first-order valence-corrected chi connectivity index (χ1v) is 18.5. The summed E-state index contributed by atoms with van der Waals surface area (Å²) in [4.78, 5) is 60.3. The molecule has 0 aromatic rings. The van der Waals surface area contributed by atoms with Crippen molar-refractivity contribution in [3.8, 4) is 0 Å². The van der Waals surface area contributed by atoms with Crippen LogP contribution in [0, 0.1) is 10.8 Å². The number of hydrogen-bond donors (Lipinski definition) is 4. The van der Waals surface area contributed by atoms with Crippen LogP contribution >= 0.6 is 0 Å². The summed E-state index contributed by atoms with van der Waals surface area (Å²) >= 11 is 0. The number of Topliss-reactive ketones (excluding diaryl/α,β-unsaturated/α-hetero) is 2. The molecule has 3 unspecified atom stereocenters. The molecule has 10 nitrogen and oxygen atoms in total. The van der Waals surface area contributed by atoms with Gasteiger partial charge in [-0.1, -0.05) is 135 Å². The zero-order valence-electron chi connectivity index (χ0n) is 34.3. The van der Waals surface area contributed by atoms with Crippen LogP contribution in [0.15, 0.2) is 130 Å². The van der Waals surface area contributed by atoms with Gasteiger partial charge in [-0.05, 0) is 81.1 Å². The van der Waals surface area contributed by atoms with Gasteiger partial charge in [-0.15, -0.1) is 0 Å². The second-order valence-corrected chi connectivity index (χ2v) is 16.0. The summed E-state index contributed by atoms with van der Waals surface area (Å²) in [5, 5.41) is 38.4. The molecule has 2 rings (SSSR count). The highest BCUT2D eigenvalue weighted by Crippen LogP contribution is 2.41. The highest BCUT2D eigenvalue weighted by Gasteiger charge is 2.44. The molecule has 56 heavy (non-hydrogen) atoms. The molecular formula is C46H58O10. The molecule has 0 bridgehead atoms. The number of ether oxygens (including phenoxy) is 1.